The number of aliphatic hydroxyl groups excluding tert-OH is 1. The van der Waals surface area contributed by atoms with E-state index in [1.54, 1.807) is 12.1 Å². The van der Waals surface area contributed by atoms with Gasteiger partial charge in [0.15, 0.2) is 5.76 Å². The van der Waals surface area contributed by atoms with Gasteiger partial charge in [-0.15, -0.1) is 0 Å². The molecule has 1 aliphatic carbocycles. The predicted molar refractivity (Wildman–Crippen MR) is 55.6 cm³/mol. The van der Waals surface area contributed by atoms with Gasteiger partial charge in [-0.2, -0.15) is 0 Å². The molecule has 3 nitrogen and oxygen atoms in total. The fourth-order valence-corrected chi connectivity index (χ4v) is 2.23. The topological polar surface area (TPSA) is 50.4 Å². The number of ketones is 1. The van der Waals surface area contributed by atoms with Crippen LogP contribution in [0.4, 0.5) is 0 Å². The molecular formula is C12H16O3. The van der Waals surface area contributed by atoms with E-state index in [-0.39, 0.29) is 17.5 Å². The van der Waals surface area contributed by atoms with Crippen LogP contribution in [-0.2, 0) is 0 Å². The average Bonchev–Trinajstić information content (AvgIpc) is 2.82. The lowest BCUT2D eigenvalue weighted by molar-refractivity contribution is 0.0507. The van der Waals surface area contributed by atoms with Crippen molar-refractivity contribution in [3.8, 4) is 0 Å². The van der Waals surface area contributed by atoms with Crippen molar-refractivity contribution in [3.05, 3.63) is 24.2 Å². The van der Waals surface area contributed by atoms with E-state index in [1.165, 1.54) is 12.7 Å². The number of carbonyl (C=O) groups is 1. The molecule has 1 aromatic heterocycles. The summed E-state index contributed by atoms with van der Waals surface area (Å²) in [6.07, 6.45) is 5.94. The van der Waals surface area contributed by atoms with Gasteiger partial charge in [0.2, 0.25) is 5.78 Å². The number of furan rings is 1. The summed E-state index contributed by atoms with van der Waals surface area (Å²) in [6.45, 7) is 0. The summed E-state index contributed by atoms with van der Waals surface area (Å²) in [5, 5.41) is 9.90. The number of hydrogen-bond donors (Lipinski definition) is 1. The van der Waals surface area contributed by atoms with E-state index in [9.17, 15) is 9.90 Å². The second-order valence-corrected chi connectivity index (χ2v) is 4.18. The quantitative estimate of drug-likeness (QED) is 0.776. The van der Waals surface area contributed by atoms with Gasteiger partial charge in [0, 0.05) is 0 Å². The maximum absolute atomic E-state index is 11.8. The third kappa shape index (κ3) is 2.29. The number of aliphatic hydroxyl groups is 1. The Labute approximate surface area is 89.1 Å². The third-order valence-electron chi connectivity index (χ3n) is 3.13. The molecule has 1 heterocycles. The number of carbonyl (C=O) groups excluding carboxylic acids is 1. The van der Waals surface area contributed by atoms with Crippen LogP contribution >= 0.6 is 0 Å². The smallest absolute Gasteiger partial charge is 0.226 e. The molecule has 1 fully saturated rings. The van der Waals surface area contributed by atoms with Crippen LogP contribution in [0.3, 0.4) is 0 Å². The average molecular weight is 208 g/mol. The molecule has 0 aliphatic heterocycles. The summed E-state index contributed by atoms with van der Waals surface area (Å²) in [7, 11) is 0. The van der Waals surface area contributed by atoms with Crippen molar-refractivity contribution in [2.45, 2.75) is 38.2 Å². The lowest BCUT2D eigenvalue weighted by Gasteiger charge is -2.24. The molecule has 0 bridgehead atoms. The van der Waals surface area contributed by atoms with Crippen LogP contribution in [0.2, 0.25) is 0 Å². The Balaban J connectivity index is 2.00. The Kier molecular flexibility index (Phi) is 3.21. The molecule has 0 saturated heterocycles. The summed E-state index contributed by atoms with van der Waals surface area (Å²) >= 11 is 0. The molecule has 15 heavy (non-hydrogen) atoms. The van der Waals surface area contributed by atoms with Gasteiger partial charge >= 0.3 is 0 Å². The highest BCUT2D eigenvalue weighted by atomic mass is 16.3. The zero-order valence-electron chi connectivity index (χ0n) is 8.69. The highest BCUT2D eigenvalue weighted by Gasteiger charge is 2.29. The molecular weight excluding hydrogens is 192 g/mol. The fourth-order valence-electron chi connectivity index (χ4n) is 2.23. The maximum atomic E-state index is 11.8. The van der Waals surface area contributed by atoms with E-state index >= 15 is 0 Å². The van der Waals surface area contributed by atoms with Crippen molar-refractivity contribution < 1.29 is 14.3 Å². The first-order valence-electron chi connectivity index (χ1n) is 5.55. The Morgan fingerprint density at radius 3 is 2.73 bits per heavy atom. The SMILES string of the molecule is O=C(c1ccco1)C(O)C1CCCCC1. The van der Waals surface area contributed by atoms with E-state index in [1.807, 2.05) is 0 Å². The first-order chi connectivity index (χ1) is 7.29. The standard InChI is InChI=1S/C12H16O3/c13-11(9-5-2-1-3-6-9)12(14)10-7-4-8-15-10/h4,7-9,11,13H,1-3,5-6H2. The van der Waals surface area contributed by atoms with Gasteiger partial charge in [-0.1, -0.05) is 19.3 Å². The third-order valence-corrected chi connectivity index (χ3v) is 3.13. The van der Waals surface area contributed by atoms with Crippen LogP contribution in [0, 0.1) is 5.92 Å². The molecule has 1 unspecified atom stereocenters. The zero-order valence-corrected chi connectivity index (χ0v) is 8.69. The molecule has 3 heteroatoms. The first kappa shape index (κ1) is 10.4. The van der Waals surface area contributed by atoms with Gasteiger partial charge in [-0.05, 0) is 30.9 Å². The van der Waals surface area contributed by atoms with Crippen molar-refractivity contribution in [2.75, 3.05) is 0 Å². The Morgan fingerprint density at radius 2 is 2.13 bits per heavy atom. The number of Topliss-reactive ketones (excluding diaryl/α,β-unsaturated/α-hetero) is 1. The second-order valence-electron chi connectivity index (χ2n) is 4.18. The predicted octanol–water partition coefficient (Wildman–Crippen LogP) is 2.40. The van der Waals surface area contributed by atoms with E-state index < -0.39 is 6.10 Å². The normalized spacial score (nSPS) is 20.1. The number of rotatable bonds is 3. The van der Waals surface area contributed by atoms with Crippen molar-refractivity contribution in [3.63, 3.8) is 0 Å². The van der Waals surface area contributed by atoms with Gasteiger partial charge in [0.05, 0.1) is 6.26 Å². The van der Waals surface area contributed by atoms with E-state index in [0.29, 0.717) is 0 Å². The minimum absolute atomic E-state index is 0.122. The van der Waals surface area contributed by atoms with Crippen LogP contribution in [-0.4, -0.2) is 17.0 Å². The van der Waals surface area contributed by atoms with Gasteiger partial charge < -0.3 is 9.52 Å². The molecule has 0 radical (unpaired) electrons. The molecule has 1 aromatic rings. The summed E-state index contributed by atoms with van der Waals surface area (Å²) < 4.78 is 5.00. The molecule has 0 amide bonds. The van der Waals surface area contributed by atoms with Gasteiger partial charge in [-0.25, -0.2) is 0 Å². The van der Waals surface area contributed by atoms with Crippen LogP contribution in [0.5, 0.6) is 0 Å². The molecule has 1 atom stereocenters. The summed E-state index contributed by atoms with van der Waals surface area (Å²) in [5.41, 5.74) is 0. The van der Waals surface area contributed by atoms with E-state index in [0.717, 1.165) is 25.7 Å². The molecule has 1 N–H and O–H groups in total. The summed E-state index contributed by atoms with van der Waals surface area (Å²) in [4.78, 5) is 11.8. The minimum Gasteiger partial charge on any atom is -0.461 e. The fraction of sp³-hybridized carbons (Fsp3) is 0.583. The Morgan fingerprint density at radius 1 is 1.40 bits per heavy atom. The van der Waals surface area contributed by atoms with Crippen LogP contribution in [0.25, 0.3) is 0 Å². The molecule has 1 saturated carbocycles. The lowest BCUT2D eigenvalue weighted by atomic mass is 9.83. The highest BCUT2D eigenvalue weighted by molar-refractivity contribution is 5.97. The largest absolute Gasteiger partial charge is 0.461 e. The second kappa shape index (κ2) is 4.62. The van der Waals surface area contributed by atoms with Crippen molar-refractivity contribution >= 4 is 5.78 Å². The van der Waals surface area contributed by atoms with Gasteiger partial charge in [0.1, 0.15) is 6.10 Å². The van der Waals surface area contributed by atoms with E-state index in [4.69, 9.17) is 4.42 Å². The van der Waals surface area contributed by atoms with Crippen molar-refractivity contribution in [1.82, 2.24) is 0 Å². The Bertz CT molecular complexity index is 310. The molecule has 1 aliphatic rings. The van der Waals surface area contributed by atoms with Crippen LogP contribution in [0.15, 0.2) is 22.8 Å². The minimum atomic E-state index is -0.878. The molecule has 0 spiro atoms. The molecule has 2 rings (SSSR count). The zero-order chi connectivity index (χ0) is 10.7. The first-order valence-corrected chi connectivity index (χ1v) is 5.55. The maximum Gasteiger partial charge on any atom is 0.226 e. The van der Waals surface area contributed by atoms with Gasteiger partial charge in [-0.3, -0.25) is 4.79 Å². The van der Waals surface area contributed by atoms with Crippen molar-refractivity contribution in [2.24, 2.45) is 5.92 Å². The lowest BCUT2D eigenvalue weighted by Crippen LogP contribution is -2.30. The molecule has 82 valence electrons. The molecule has 0 aromatic carbocycles. The Hall–Kier alpha value is -1.09. The van der Waals surface area contributed by atoms with Crippen LogP contribution < -0.4 is 0 Å². The monoisotopic (exact) mass is 208 g/mol. The van der Waals surface area contributed by atoms with Crippen LogP contribution in [0.1, 0.15) is 42.7 Å². The van der Waals surface area contributed by atoms with Crippen molar-refractivity contribution in [1.29, 1.82) is 0 Å². The highest BCUT2D eigenvalue weighted by Crippen LogP contribution is 2.27. The summed E-state index contributed by atoms with van der Waals surface area (Å²) in [5.74, 6) is 0.122. The van der Waals surface area contributed by atoms with E-state index in [2.05, 4.69) is 0 Å². The van der Waals surface area contributed by atoms with Gasteiger partial charge in [0.25, 0.3) is 0 Å². The summed E-state index contributed by atoms with van der Waals surface area (Å²) in [6, 6.07) is 3.27. The number of hydrogen-bond acceptors (Lipinski definition) is 3.